The van der Waals surface area contributed by atoms with Crippen molar-refractivity contribution in [2.24, 2.45) is 0 Å². The third kappa shape index (κ3) is 1.80. The van der Waals surface area contributed by atoms with Gasteiger partial charge in [0.2, 0.25) is 0 Å². The molecule has 16 heavy (non-hydrogen) atoms. The van der Waals surface area contributed by atoms with Crippen molar-refractivity contribution >= 4 is 12.6 Å². The van der Waals surface area contributed by atoms with E-state index < -0.39 is 0 Å². The van der Waals surface area contributed by atoms with Crippen LogP contribution in [-0.2, 0) is 0 Å². The van der Waals surface area contributed by atoms with Gasteiger partial charge in [-0.25, -0.2) is 0 Å². The Morgan fingerprint density at radius 3 is 2.25 bits per heavy atom. The fourth-order valence-corrected chi connectivity index (χ4v) is 1.59. The van der Waals surface area contributed by atoms with Crippen LogP contribution in [0.1, 0.15) is 26.7 Å². The Hall–Kier alpha value is -2.16. The third-order valence-corrected chi connectivity index (χ3v) is 2.41. The fourth-order valence-electron chi connectivity index (χ4n) is 1.59. The summed E-state index contributed by atoms with van der Waals surface area (Å²) in [5.41, 5.74) is 2.43. The van der Waals surface area contributed by atoms with E-state index >= 15 is 0 Å². The molecule has 0 aliphatic carbocycles. The molecule has 0 aliphatic heterocycles. The van der Waals surface area contributed by atoms with Crippen LogP contribution in [0.3, 0.4) is 0 Å². The van der Waals surface area contributed by atoms with E-state index in [1.54, 1.807) is 25.1 Å². The van der Waals surface area contributed by atoms with Crippen LogP contribution in [0.5, 0.6) is 0 Å². The molecule has 0 aliphatic rings. The number of hydrogen-bond acceptors (Lipinski definition) is 3. The maximum Gasteiger partial charge on any atom is 0.185 e. The molecule has 0 spiro atoms. The molecular formula is C13H10O3. The first-order valence-corrected chi connectivity index (χ1v) is 4.86. The van der Waals surface area contributed by atoms with Gasteiger partial charge in [0.15, 0.2) is 12.0 Å². The first-order valence-electron chi connectivity index (χ1n) is 4.86. The Labute approximate surface area is 92.7 Å². The number of benzene rings is 1. The average Bonchev–Trinajstić information content (AvgIpc) is 2.71. The Morgan fingerprint density at radius 1 is 1.06 bits per heavy atom. The zero-order valence-corrected chi connectivity index (χ0v) is 8.77. The second-order valence-electron chi connectivity index (χ2n) is 3.48. The number of aryl methyl sites for hydroxylation is 1. The van der Waals surface area contributed by atoms with Crippen molar-refractivity contribution in [3.05, 3.63) is 47.4 Å². The highest BCUT2D eigenvalue weighted by atomic mass is 16.3. The molecule has 0 unspecified atom stereocenters. The second-order valence-corrected chi connectivity index (χ2v) is 3.48. The molecule has 0 saturated heterocycles. The molecule has 0 bridgehead atoms. The quantitative estimate of drug-likeness (QED) is 0.738. The first kappa shape index (κ1) is 10.4. The lowest BCUT2D eigenvalue weighted by atomic mass is 10.0. The molecule has 1 aromatic heterocycles. The van der Waals surface area contributed by atoms with Gasteiger partial charge >= 0.3 is 0 Å². The maximum atomic E-state index is 10.6. The van der Waals surface area contributed by atoms with E-state index in [1.165, 1.54) is 0 Å². The topological polar surface area (TPSA) is 47.3 Å². The first-order chi connectivity index (χ1) is 7.74. The van der Waals surface area contributed by atoms with Gasteiger partial charge in [-0.3, -0.25) is 9.59 Å². The van der Waals surface area contributed by atoms with E-state index in [0.29, 0.717) is 23.4 Å². The number of rotatable bonds is 3. The minimum Gasteiger partial charge on any atom is -0.458 e. The lowest BCUT2D eigenvalue weighted by Gasteiger charge is -1.98. The van der Waals surface area contributed by atoms with Gasteiger partial charge in [0.1, 0.15) is 12.0 Å². The van der Waals surface area contributed by atoms with Crippen molar-refractivity contribution in [1.29, 1.82) is 0 Å². The molecule has 0 saturated carbocycles. The molecule has 1 aromatic carbocycles. The van der Waals surface area contributed by atoms with Gasteiger partial charge in [0, 0.05) is 11.1 Å². The molecule has 2 aromatic rings. The highest BCUT2D eigenvalue weighted by molar-refractivity contribution is 5.79. The summed E-state index contributed by atoms with van der Waals surface area (Å²) in [6, 6.07) is 8.81. The van der Waals surface area contributed by atoms with E-state index in [0.717, 1.165) is 17.4 Å². The summed E-state index contributed by atoms with van der Waals surface area (Å²) in [6.45, 7) is 1.80. The van der Waals surface area contributed by atoms with Crippen LogP contribution >= 0.6 is 0 Å². The Morgan fingerprint density at radius 2 is 1.75 bits per heavy atom. The molecule has 2 rings (SSSR count). The minimum atomic E-state index is 0.312. The van der Waals surface area contributed by atoms with Crippen molar-refractivity contribution in [3.8, 4) is 11.1 Å². The Kier molecular flexibility index (Phi) is 2.68. The van der Waals surface area contributed by atoms with Crippen molar-refractivity contribution < 1.29 is 14.0 Å². The normalized spacial score (nSPS) is 10.1. The highest BCUT2D eigenvalue weighted by Crippen LogP contribution is 2.26. The summed E-state index contributed by atoms with van der Waals surface area (Å²) in [4.78, 5) is 21.1. The lowest BCUT2D eigenvalue weighted by Crippen LogP contribution is -1.81. The van der Waals surface area contributed by atoms with Crippen LogP contribution < -0.4 is 0 Å². The molecule has 3 nitrogen and oxygen atoms in total. The summed E-state index contributed by atoms with van der Waals surface area (Å²) in [7, 11) is 0. The van der Waals surface area contributed by atoms with Crippen molar-refractivity contribution in [1.82, 2.24) is 0 Å². The highest BCUT2D eigenvalue weighted by Gasteiger charge is 2.08. The molecule has 0 amide bonds. The predicted octanol–water partition coefficient (Wildman–Crippen LogP) is 2.88. The standard InChI is InChI=1S/C13H10O3/c1-9-13(6-12(8-15)16-9)11-4-2-10(7-14)3-5-11/h2-8H,1H3. The van der Waals surface area contributed by atoms with E-state index in [9.17, 15) is 9.59 Å². The van der Waals surface area contributed by atoms with Crippen LogP contribution in [0, 0.1) is 6.92 Å². The molecular weight excluding hydrogens is 204 g/mol. The van der Waals surface area contributed by atoms with Gasteiger partial charge < -0.3 is 4.42 Å². The van der Waals surface area contributed by atoms with E-state index in [4.69, 9.17) is 4.42 Å². The monoisotopic (exact) mass is 214 g/mol. The molecule has 3 heteroatoms. The minimum absolute atomic E-state index is 0.312. The number of furan rings is 1. The van der Waals surface area contributed by atoms with Gasteiger partial charge in [-0.2, -0.15) is 0 Å². The van der Waals surface area contributed by atoms with E-state index in [-0.39, 0.29) is 0 Å². The number of aldehydes is 2. The molecule has 0 radical (unpaired) electrons. The smallest absolute Gasteiger partial charge is 0.185 e. The van der Waals surface area contributed by atoms with Crippen LogP contribution in [0.15, 0.2) is 34.7 Å². The third-order valence-electron chi connectivity index (χ3n) is 2.41. The molecule has 1 heterocycles. The van der Waals surface area contributed by atoms with Gasteiger partial charge in [-0.05, 0) is 18.6 Å². The SMILES string of the molecule is Cc1oc(C=O)cc1-c1ccc(C=O)cc1. The van der Waals surface area contributed by atoms with Crippen LogP contribution in [0.4, 0.5) is 0 Å². The van der Waals surface area contributed by atoms with Gasteiger partial charge in [0.25, 0.3) is 0 Å². The summed E-state index contributed by atoms with van der Waals surface area (Å²) >= 11 is 0. The van der Waals surface area contributed by atoms with E-state index in [1.807, 2.05) is 12.1 Å². The maximum absolute atomic E-state index is 10.6. The fraction of sp³-hybridized carbons (Fsp3) is 0.0769. The average molecular weight is 214 g/mol. The second kappa shape index (κ2) is 4.14. The van der Waals surface area contributed by atoms with Gasteiger partial charge in [-0.15, -0.1) is 0 Å². The Bertz CT molecular complexity index is 521. The van der Waals surface area contributed by atoms with E-state index in [2.05, 4.69) is 0 Å². The molecule has 0 N–H and O–H groups in total. The van der Waals surface area contributed by atoms with Crippen molar-refractivity contribution in [2.45, 2.75) is 6.92 Å². The van der Waals surface area contributed by atoms with Gasteiger partial charge in [-0.1, -0.05) is 24.3 Å². The van der Waals surface area contributed by atoms with Crippen LogP contribution in [0.2, 0.25) is 0 Å². The summed E-state index contributed by atoms with van der Waals surface area (Å²) < 4.78 is 5.24. The number of carbonyl (C=O) groups is 2. The van der Waals surface area contributed by atoms with Crippen molar-refractivity contribution in [3.63, 3.8) is 0 Å². The summed E-state index contributed by atoms with van der Waals surface area (Å²) in [5.74, 6) is 1.01. The van der Waals surface area contributed by atoms with Crippen molar-refractivity contribution in [2.75, 3.05) is 0 Å². The summed E-state index contributed by atoms with van der Waals surface area (Å²) in [5, 5.41) is 0. The zero-order chi connectivity index (χ0) is 11.5. The molecule has 80 valence electrons. The largest absolute Gasteiger partial charge is 0.458 e. The number of carbonyl (C=O) groups excluding carboxylic acids is 2. The Balaban J connectivity index is 2.45. The molecule has 0 fully saturated rings. The van der Waals surface area contributed by atoms with Crippen LogP contribution in [-0.4, -0.2) is 12.6 Å². The number of hydrogen-bond donors (Lipinski definition) is 0. The zero-order valence-electron chi connectivity index (χ0n) is 8.77. The predicted molar refractivity (Wildman–Crippen MR) is 59.7 cm³/mol. The molecule has 0 atom stereocenters. The van der Waals surface area contributed by atoms with Gasteiger partial charge in [0.05, 0.1) is 0 Å². The summed E-state index contributed by atoms with van der Waals surface area (Å²) in [6.07, 6.45) is 1.47. The lowest BCUT2D eigenvalue weighted by molar-refractivity contribution is 0.109. The van der Waals surface area contributed by atoms with Crippen LogP contribution in [0.25, 0.3) is 11.1 Å².